The fourth-order valence-electron chi connectivity index (χ4n) is 1.81. The van der Waals surface area contributed by atoms with E-state index < -0.39 is 11.8 Å². The Morgan fingerprint density at radius 1 is 1.29 bits per heavy atom. The van der Waals surface area contributed by atoms with Crippen molar-refractivity contribution in [1.82, 2.24) is 0 Å². The first-order valence-corrected chi connectivity index (χ1v) is 6.14. The third-order valence-electron chi connectivity index (χ3n) is 2.78. The van der Waals surface area contributed by atoms with Gasteiger partial charge < -0.3 is 15.8 Å². The number of nitrogens with two attached hydrogens (primary N) is 1. The highest BCUT2D eigenvalue weighted by atomic mass is 19.1. The number of aliphatic imine (C=N–C) groups is 1. The van der Waals surface area contributed by atoms with E-state index in [-0.39, 0.29) is 16.9 Å². The minimum atomic E-state index is -0.677. The summed E-state index contributed by atoms with van der Waals surface area (Å²) < 4.78 is 19.1. The van der Waals surface area contributed by atoms with E-state index in [4.69, 9.17) is 5.73 Å². The first-order chi connectivity index (χ1) is 10.2. The Bertz CT molecular complexity index is 672. The van der Waals surface area contributed by atoms with E-state index in [1.54, 1.807) is 24.3 Å². The summed E-state index contributed by atoms with van der Waals surface area (Å²) in [5.41, 5.74) is 5.93. The fraction of sp³-hybridized carbons (Fsp3) is 0.0667. The zero-order chi connectivity index (χ0) is 15.2. The summed E-state index contributed by atoms with van der Waals surface area (Å²) >= 11 is 0. The summed E-state index contributed by atoms with van der Waals surface area (Å²) in [6.07, 6.45) is 0.989. The van der Waals surface area contributed by atoms with Crippen LogP contribution in [0.2, 0.25) is 0 Å². The number of carbonyl (C=O) groups excluding carboxylic acids is 1. The van der Waals surface area contributed by atoms with Crippen LogP contribution in [0.5, 0.6) is 0 Å². The van der Waals surface area contributed by atoms with E-state index in [1.807, 2.05) is 6.07 Å². The fourth-order valence-corrected chi connectivity index (χ4v) is 1.81. The molecule has 0 aliphatic rings. The molecule has 0 aliphatic heterocycles. The molecule has 0 aromatic heterocycles. The van der Waals surface area contributed by atoms with Crippen molar-refractivity contribution in [2.75, 3.05) is 12.4 Å². The van der Waals surface area contributed by atoms with E-state index in [0.29, 0.717) is 5.69 Å². The Hall–Kier alpha value is -2.89. The minimum absolute atomic E-state index is 0.00356. The number of rotatable bonds is 4. The minimum Gasteiger partial charge on any atom is -0.465 e. The predicted octanol–water partition coefficient (Wildman–Crippen LogP) is 2.97. The lowest BCUT2D eigenvalue weighted by molar-refractivity contribution is 0.0601. The highest BCUT2D eigenvalue weighted by molar-refractivity contribution is 5.97. The second-order valence-electron chi connectivity index (χ2n) is 4.08. The number of nitrogens with one attached hydrogen (secondary N) is 1. The molecule has 2 aromatic rings. The smallest absolute Gasteiger partial charge is 0.340 e. The van der Waals surface area contributed by atoms with Gasteiger partial charge in [-0.15, -0.1) is 0 Å². The van der Waals surface area contributed by atoms with Crippen molar-refractivity contribution >= 4 is 29.4 Å². The van der Waals surface area contributed by atoms with Gasteiger partial charge in [0.1, 0.15) is 5.69 Å². The van der Waals surface area contributed by atoms with Gasteiger partial charge in [0, 0.05) is 5.69 Å². The standard InChI is InChI=1S/C15H14FN3O2/c1-21-15(20)11-7-8-12(18-9-17)13(16)14(11)19-10-5-3-2-4-6-10/h2-9,19H,1H3,(H2,17,18). The van der Waals surface area contributed by atoms with Gasteiger partial charge in [0.05, 0.1) is 24.7 Å². The van der Waals surface area contributed by atoms with Crippen molar-refractivity contribution in [1.29, 1.82) is 0 Å². The van der Waals surface area contributed by atoms with Crippen molar-refractivity contribution in [3.8, 4) is 0 Å². The second kappa shape index (κ2) is 6.51. The molecule has 21 heavy (non-hydrogen) atoms. The molecule has 0 aliphatic carbocycles. The van der Waals surface area contributed by atoms with E-state index >= 15 is 0 Å². The molecule has 0 heterocycles. The lowest BCUT2D eigenvalue weighted by atomic mass is 10.1. The van der Waals surface area contributed by atoms with E-state index in [9.17, 15) is 9.18 Å². The van der Waals surface area contributed by atoms with Gasteiger partial charge in [-0.1, -0.05) is 18.2 Å². The molecule has 0 unspecified atom stereocenters. The third-order valence-corrected chi connectivity index (χ3v) is 2.78. The predicted molar refractivity (Wildman–Crippen MR) is 79.8 cm³/mol. The molecule has 0 amide bonds. The van der Waals surface area contributed by atoms with Crippen LogP contribution in [-0.4, -0.2) is 19.4 Å². The molecule has 2 aromatic carbocycles. The van der Waals surface area contributed by atoms with Gasteiger partial charge in [0.15, 0.2) is 5.82 Å². The molecule has 0 atom stereocenters. The van der Waals surface area contributed by atoms with Crippen LogP contribution >= 0.6 is 0 Å². The van der Waals surface area contributed by atoms with Crippen LogP contribution in [0.1, 0.15) is 10.4 Å². The number of hydrogen-bond acceptors (Lipinski definition) is 4. The molecule has 0 bridgehead atoms. The molecule has 0 spiro atoms. The number of carbonyl (C=O) groups is 1. The van der Waals surface area contributed by atoms with Crippen LogP contribution in [0.15, 0.2) is 47.5 Å². The monoisotopic (exact) mass is 287 g/mol. The molecule has 0 saturated carbocycles. The molecule has 0 saturated heterocycles. The van der Waals surface area contributed by atoms with Crippen LogP contribution in [0, 0.1) is 5.82 Å². The Labute approximate surface area is 121 Å². The first kappa shape index (κ1) is 14.5. The van der Waals surface area contributed by atoms with Crippen molar-refractivity contribution in [3.63, 3.8) is 0 Å². The van der Waals surface area contributed by atoms with Crippen LogP contribution in [0.25, 0.3) is 0 Å². The van der Waals surface area contributed by atoms with Crippen molar-refractivity contribution in [2.45, 2.75) is 0 Å². The summed E-state index contributed by atoms with van der Waals surface area (Å²) in [7, 11) is 1.23. The summed E-state index contributed by atoms with van der Waals surface area (Å²) in [6, 6.07) is 11.7. The maximum absolute atomic E-state index is 14.5. The van der Waals surface area contributed by atoms with Crippen LogP contribution in [-0.2, 0) is 4.74 Å². The summed E-state index contributed by atoms with van der Waals surface area (Å²) in [5.74, 6) is -1.32. The van der Waals surface area contributed by atoms with Crippen molar-refractivity contribution in [2.24, 2.45) is 10.7 Å². The van der Waals surface area contributed by atoms with Crippen LogP contribution in [0.3, 0.4) is 0 Å². The SMILES string of the molecule is COC(=O)c1ccc(N=CN)c(F)c1Nc1ccccc1. The largest absolute Gasteiger partial charge is 0.465 e. The lowest BCUT2D eigenvalue weighted by Crippen LogP contribution is -2.07. The zero-order valence-corrected chi connectivity index (χ0v) is 11.3. The van der Waals surface area contributed by atoms with Gasteiger partial charge >= 0.3 is 5.97 Å². The second-order valence-corrected chi connectivity index (χ2v) is 4.08. The van der Waals surface area contributed by atoms with Gasteiger partial charge in [0.25, 0.3) is 0 Å². The highest BCUT2D eigenvalue weighted by Gasteiger charge is 2.19. The zero-order valence-electron chi connectivity index (χ0n) is 11.3. The Kier molecular flexibility index (Phi) is 4.50. The molecule has 3 N–H and O–H groups in total. The van der Waals surface area contributed by atoms with Gasteiger partial charge in [0.2, 0.25) is 0 Å². The number of halogens is 1. The van der Waals surface area contributed by atoms with Crippen LogP contribution in [0.4, 0.5) is 21.5 Å². The molecule has 2 rings (SSSR count). The normalized spacial score (nSPS) is 10.6. The maximum atomic E-state index is 14.5. The number of hydrogen-bond donors (Lipinski definition) is 2. The molecule has 6 heteroatoms. The van der Waals surface area contributed by atoms with E-state index in [1.165, 1.54) is 19.2 Å². The molecule has 0 radical (unpaired) electrons. The van der Waals surface area contributed by atoms with E-state index in [2.05, 4.69) is 15.0 Å². The maximum Gasteiger partial charge on any atom is 0.340 e. The molecule has 108 valence electrons. The van der Waals surface area contributed by atoms with Gasteiger partial charge in [-0.25, -0.2) is 14.2 Å². The first-order valence-electron chi connectivity index (χ1n) is 6.14. The Morgan fingerprint density at radius 2 is 2.00 bits per heavy atom. The number of esters is 1. The number of ether oxygens (including phenoxy) is 1. The number of nitrogens with zero attached hydrogens (tertiary/aromatic N) is 1. The van der Waals surface area contributed by atoms with Gasteiger partial charge in [-0.2, -0.15) is 0 Å². The summed E-state index contributed by atoms with van der Waals surface area (Å²) in [4.78, 5) is 15.5. The third kappa shape index (κ3) is 3.17. The number of para-hydroxylation sites is 1. The Balaban J connectivity index is 2.53. The van der Waals surface area contributed by atoms with Gasteiger partial charge in [-0.05, 0) is 24.3 Å². The topological polar surface area (TPSA) is 76.7 Å². The number of benzene rings is 2. The number of methoxy groups -OCH3 is 1. The average Bonchev–Trinajstić information content (AvgIpc) is 2.52. The quantitative estimate of drug-likeness (QED) is 0.515. The molecule has 0 fully saturated rings. The van der Waals surface area contributed by atoms with Crippen molar-refractivity contribution in [3.05, 3.63) is 53.8 Å². The van der Waals surface area contributed by atoms with E-state index in [0.717, 1.165) is 6.34 Å². The summed E-state index contributed by atoms with van der Waals surface area (Å²) in [5, 5.41) is 2.86. The molecule has 5 nitrogen and oxygen atoms in total. The van der Waals surface area contributed by atoms with Gasteiger partial charge in [-0.3, -0.25) is 0 Å². The van der Waals surface area contributed by atoms with Crippen LogP contribution < -0.4 is 11.1 Å². The van der Waals surface area contributed by atoms with Crippen molar-refractivity contribution < 1.29 is 13.9 Å². The average molecular weight is 287 g/mol. The Morgan fingerprint density at radius 3 is 2.62 bits per heavy atom. The molecular formula is C15H14FN3O2. The summed E-state index contributed by atoms with van der Waals surface area (Å²) in [6.45, 7) is 0. The number of anilines is 2. The highest BCUT2D eigenvalue weighted by Crippen LogP contribution is 2.31. The lowest BCUT2D eigenvalue weighted by Gasteiger charge is -2.13. The molecular weight excluding hydrogens is 273 g/mol.